The topological polar surface area (TPSA) is 83.5 Å². The molecule has 0 atom stereocenters. The Bertz CT molecular complexity index is 815. The van der Waals surface area contributed by atoms with Crippen molar-refractivity contribution < 1.29 is 18.3 Å². The smallest absolute Gasteiger partial charge is 0.345 e. The number of hydrogen-bond donors (Lipinski definition) is 2. The molecule has 0 fully saturated rings. The molecule has 0 amide bonds. The average molecular weight is 455 g/mol. The minimum absolute atomic E-state index is 0.0507. The van der Waals surface area contributed by atoms with E-state index in [0.717, 1.165) is 23.0 Å². The summed E-state index contributed by atoms with van der Waals surface area (Å²) in [5, 5.41) is 8.92. The van der Waals surface area contributed by atoms with E-state index >= 15 is 0 Å². The van der Waals surface area contributed by atoms with Crippen LogP contribution >= 0.6 is 43.2 Å². The molecule has 0 spiro atoms. The number of nitrogens with one attached hydrogen (secondary N) is 1. The summed E-state index contributed by atoms with van der Waals surface area (Å²) in [4.78, 5) is 10.8. The first-order valence-electron chi connectivity index (χ1n) is 5.52. The number of carboxylic acids is 1. The largest absolute Gasteiger partial charge is 0.477 e. The van der Waals surface area contributed by atoms with Crippen LogP contribution in [-0.4, -0.2) is 19.5 Å². The Morgan fingerprint density at radius 3 is 2.48 bits per heavy atom. The molecule has 0 aliphatic rings. The van der Waals surface area contributed by atoms with Gasteiger partial charge in [-0.05, 0) is 62.5 Å². The number of rotatable bonds is 4. The Hall–Kier alpha value is -0.900. The second-order valence-corrected chi connectivity index (χ2v) is 9.02. The summed E-state index contributed by atoms with van der Waals surface area (Å²) in [6.07, 6.45) is 0. The lowest BCUT2D eigenvalue weighted by molar-refractivity contribution is 0.0702. The Morgan fingerprint density at radius 2 is 1.95 bits per heavy atom. The van der Waals surface area contributed by atoms with Crippen molar-refractivity contribution in [2.45, 2.75) is 11.8 Å². The van der Waals surface area contributed by atoms with Crippen LogP contribution in [0.15, 0.2) is 37.4 Å². The number of carbonyl (C=O) groups is 1. The summed E-state index contributed by atoms with van der Waals surface area (Å²) in [5.74, 6) is -1.17. The SMILES string of the molecule is Cc1ccc(NS(=O)(=O)c2cc(C(=O)O)sc2Br)c(Br)c1. The molecule has 9 heteroatoms. The highest BCUT2D eigenvalue weighted by atomic mass is 79.9. The standard InChI is InChI=1S/C12H9Br2NO4S2/c1-6-2-3-8(7(13)4-6)15-21(18,19)10-5-9(12(16)17)20-11(10)14/h2-5,15H,1H3,(H,16,17). The molecule has 0 saturated carbocycles. The molecule has 0 unspecified atom stereocenters. The fraction of sp³-hybridized carbons (Fsp3) is 0.0833. The second kappa shape index (κ2) is 6.07. The molecule has 0 aliphatic heterocycles. The van der Waals surface area contributed by atoms with Crippen molar-refractivity contribution in [2.75, 3.05) is 4.72 Å². The average Bonchev–Trinajstić information content (AvgIpc) is 2.76. The minimum Gasteiger partial charge on any atom is -0.477 e. The zero-order valence-corrected chi connectivity index (χ0v) is 15.4. The monoisotopic (exact) mass is 453 g/mol. The Morgan fingerprint density at radius 1 is 1.29 bits per heavy atom. The van der Waals surface area contributed by atoms with Crippen LogP contribution in [0.4, 0.5) is 5.69 Å². The van der Waals surface area contributed by atoms with Crippen LogP contribution in [0, 0.1) is 6.92 Å². The molecule has 5 nitrogen and oxygen atoms in total. The highest BCUT2D eigenvalue weighted by molar-refractivity contribution is 9.11. The maximum Gasteiger partial charge on any atom is 0.345 e. The Labute approximate surface area is 142 Å². The third kappa shape index (κ3) is 3.65. The molecular weight excluding hydrogens is 446 g/mol. The molecular formula is C12H9Br2NO4S2. The van der Waals surface area contributed by atoms with Gasteiger partial charge in [-0.3, -0.25) is 4.72 Å². The lowest BCUT2D eigenvalue weighted by Gasteiger charge is -2.09. The molecule has 0 saturated heterocycles. The van der Waals surface area contributed by atoms with Crippen LogP contribution in [0.3, 0.4) is 0 Å². The van der Waals surface area contributed by atoms with E-state index in [4.69, 9.17) is 5.11 Å². The van der Waals surface area contributed by atoms with E-state index in [2.05, 4.69) is 36.6 Å². The summed E-state index contributed by atoms with van der Waals surface area (Å²) >= 11 is 7.23. The number of aryl methyl sites for hydroxylation is 1. The van der Waals surface area contributed by atoms with Crippen LogP contribution in [0.2, 0.25) is 0 Å². The summed E-state index contributed by atoms with van der Waals surface area (Å²) in [6.45, 7) is 1.89. The first kappa shape index (κ1) is 16.5. The third-order valence-corrected chi connectivity index (χ3v) is 6.79. The van der Waals surface area contributed by atoms with Gasteiger partial charge in [0, 0.05) is 4.47 Å². The predicted molar refractivity (Wildman–Crippen MR) is 88.7 cm³/mol. The van der Waals surface area contributed by atoms with Crippen molar-refractivity contribution in [3.8, 4) is 0 Å². The number of aromatic carboxylic acids is 1. The van der Waals surface area contributed by atoms with Gasteiger partial charge >= 0.3 is 5.97 Å². The lowest BCUT2D eigenvalue weighted by Crippen LogP contribution is -2.13. The molecule has 1 aromatic carbocycles. The van der Waals surface area contributed by atoms with Crippen LogP contribution in [0.25, 0.3) is 0 Å². The van der Waals surface area contributed by atoms with E-state index < -0.39 is 16.0 Å². The fourth-order valence-corrected chi connectivity index (χ4v) is 5.75. The molecule has 0 aliphatic carbocycles. The van der Waals surface area contributed by atoms with Crippen LogP contribution in [0.1, 0.15) is 15.2 Å². The van der Waals surface area contributed by atoms with Gasteiger partial charge in [0.1, 0.15) is 9.77 Å². The lowest BCUT2D eigenvalue weighted by atomic mass is 10.2. The quantitative estimate of drug-likeness (QED) is 0.728. The summed E-state index contributed by atoms with van der Waals surface area (Å²) in [6, 6.07) is 6.31. The van der Waals surface area contributed by atoms with Gasteiger partial charge in [-0.25, -0.2) is 13.2 Å². The molecule has 1 heterocycles. The van der Waals surface area contributed by atoms with Crippen molar-refractivity contribution in [1.82, 2.24) is 0 Å². The number of anilines is 1. The molecule has 2 rings (SSSR count). The zero-order valence-electron chi connectivity index (χ0n) is 10.6. The number of benzene rings is 1. The highest BCUT2D eigenvalue weighted by Gasteiger charge is 2.23. The maximum atomic E-state index is 12.3. The van der Waals surface area contributed by atoms with E-state index in [1.165, 1.54) is 0 Å². The molecule has 0 radical (unpaired) electrons. The van der Waals surface area contributed by atoms with E-state index in [9.17, 15) is 13.2 Å². The summed E-state index contributed by atoms with van der Waals surface area (Å²) < 4.78 is 28.0. The molecule has 2 aromatic rings. The van der Waals surface area contributed by atoms with Gasteiger partial charge in [-0.2, -0.15) is 0 Å². The number of halogens is 2. The van der Waals surface area contributed by atoms with Crippen molar-refractivity contribution in [3.63, 3.8) is 0 Å². The number of carboxylic acid groups (broad SMARTS) is 1. The van der Waals surface area contributed by atoms with Crippen molar-refractivity contribution in [2.24, 2.45) is 0 Å². The van der Waals surface area contributed by atoms with Crippen LogP contribution < -0.4 is 4.72 Å². The molecule has 0 bridgehead atoms. The summed E-state index contributed by atoms with van der Waals surface area (Å²) in [5.41, 5.74) is 1.37. The van der Waals surface area contributed by atoms with E-state index in [1.807, 2.05) is 6.92 Å². The molecule has 112 valence electrons. The van der Waals surface area contributed by atoms with Gasteiger partial charge in [0.25, 0.3) is 10.0 Å². The first-order chi connectivity index (χ1) is 9.70. The third-order valence-electron chi connectivity index (χ3n) is 2.52. The van der Waals surface area contributed by atoms with Crippen molar-refractivity contribution in [3.05, 3.63) is 43.0 Å². The van der Waals surface area contributed by atoms with Gasteiger partial charge in [-0.1, -0.05) is 6.07 Å². The minimum atomic E-state index is -3.87. The number of hydrogen-bond acceptors (Lipinski definition) is 4. The Kier molecular flexibility index (Phi) is 4.76. The fourth-order valence-electron chi connectivity index (χ4n) is 1.54. The predicted octanol–water partition coefficient (Wildman–Crippen LogP) is 4.08. The first-order valence-corrected chi connectivity index (χ1v) is 9.41. The van der Waals surface area contributed by atoms with Crippen molar-refractivity contribution >= 4 is 64.9 Å². The highest BCUT2D eigenvalue weighted by Crippen LogP contribution is 2.34. The van der Waals surface area contributed by atoms with E-state index in [1.54, 1.807) is 18.2 Å². The van der Waals surface area contributed by atoms with E-state index in [-0.39, 0.29) is 13.6 Å². The van der Waals surface area contributed by atoms with Gasteiger partial charge in [0.2, 0.25) is 0 Å². The molecule has 2 N–H and O–H groups in total. The Balaban J connectivity index is 2.41. The molecule has 1 aromatic heterocycles. The second-order valence-electron chi connectivity index (χ2n) is 4.14. The van der Waals surface area contributed by atoms with E-state index in [0.29, 0.717) is 10.2 Å². The van der Waals surface area contributed by atoms with Crippen LogP contribution in [0.5, 0.6) is 0 Å². The number of sulfonamides is 1. The van der Waals surface area contributed by atoms with Gasteiger partial charge in [0.15, 0.2) is 0 Å². The van der Waals surface area contributed by atoms with Gasteiger partial charge < -0.3 is 5.11 Å². The maximum absolute atomic E-state index is 12.3. The van der Waals surface area contributed by atoms with Gasteiger partial charge in [-0.15, -0.1) is 11.3 Å². The molecule has 21 heavy (non-hydrogen) atoms. The van der Waals surface area contributed by atoms with Gasteiger partial charge in [0.05, 0.1) is 9.47 Å². The zero-order chi connectivity index (χ0) is 15.8. The summed E-state index contributed by atoms with van der Waals surface area (Å²) in [7, 11) is -3.87. The van der Waals surface area contributed by atoms with Crippen molar-refractivity contribution in [1.29, 1.82) is 0 Å². The van der Waals surface area contributed by atoms with Crippen LogP contribution in [-0.2, 0) is 10.0 Å². The normalized spacial score (nSPS) is 11.4. The number of thiophene rings is 1.